The molecule has 1 amide bonds. The van der Waals surface area contributed by atoms with E-state index in [0.717, 1.165) is 11.3 Å². The SMILES string of the molecule is Cc1cccc(C(=O)NC[C@]2(O)C[C@H](c3ccccc3)O[C@H](C)[C@H]2O)n1. The Hall–Kier alpha value is -2.28. The number of aromatic nitrogens is 1. The number of pyridine rings is 1. The van der Waals surface area contributed by atoms with E-state index < -0.39 is 17.8 Å². The van der Waals surface area contributed by atoms with Gasteiger partial charge in [-0.15, -0.1) is 0 Å². The van der Waals surface area contributed by atoms with Gasteiger partial charge in [-0.25, -0.2) is 4.98 Å². The summed E-state index contributed by atoms with van der Waals surface area (Å²) < 4.78 is 5.85. The average Bonchev–Trinajstić information content (AvgIpc) is 2.65. The Morgan fingerprint density at radius 2 is 2.00 bits per heavy atom. The Kier molecular flexibility index (Phi) is 5.36. The summed E-state index contributed by atoms with van der Waals surface area (Å²) in [7, 11) is 0. The van der Waals surface area contributed by atoms with Gasteiger partial charge in [0.25, 0.3) is 5.91 Å². The smallest absolute Gasteiger partial charge is 0.269 e. The summed E-state index contributed by atoms with van der Waals surface area (Å²) in [4.78, 5) is 16.5. The van der Waals surface area contributed by atoms with Crippen molar-refractivity contribution in [3.05, 3.63) is 65.5 Å². The minimum atomic E-state index is -1.49. The van der Waals surface area contributed by atoms with Gasteiger partial charge >= 0.3 is 0 Å². The molecule has 0 bridgehead atoms. The van der Waals surface area contributed by atoms with Crippen molar-refractivity contribution >= 4 is 5.91 Å². The number of rotatable bonds is 4. The van der Waals surface area contributed by atoms with E-state index in [1.165, 1.54) is 0 Å². The summed E-state index contributed by atoms with van der Waals surface area (Å²) in [5.74, 6) is -0.385. The monoisotopic (exact) mass is 356 g/mol. The predicted molar refractivity (Wildman–Crippen MR) is 96.6 cm³/mol. The molecular weight excluding hydrogens is 332 g/mol. The number of aliphatic hydroxyl groups is 2. The molecule has 4 atom stereocenters. The van der Waals surface area contributed by atoms with Crippen molar-refractivity contribution in [2.45, 2.75) is 44.2 Å². The highest BCUT2D eigenvalue weighted by molar-refractivity contribution is 5.92. The quantitative estimate of drug-likeness (QED) is 0.776. The zero-order chi connectivity index (χ0) is 18.7. The van der Waals surface area contributed by atoms with E-state index in [1.54, 1.807) is 32.0 Å². The molecule has 0 unspecified atom stereocenters. The maximum atomic E-state index is 12.3. The fraction of sp³-hybridized carbons (Fsp3) is 0.400. The van der Waals surface area contributed by atoms with Crippen LogP contribution in [0.3, 0.4) is 0 Å². The maximum Gasteiger partial charge on any atom is 0.269 e. The summed E-state index contributed by atoms with van der Waals surface area (Å²) in [5.41, 5.74) is 0.455. The van der Waals surface area contributed by atoms with E-state index in [4.69, 9.17) is 4.74 Å². The molecule has 2 heterocycles. The molecule has 1 aliphatic heterocycles. The molecule has 0 spiro atoms. The lowest BCUT2D eigenvalue weighted by atomic mass is 9.82. The third-order valence-corrected chi connectivity index (χ3v) is 4.76. The first-order chi connectivity index (χ1) is 12.4. The molecule has 0 saturated carbocycles. The molecule has 138 valence electrons. The maximum absolute atomic E-state index is 12.3. The molecule has 1 aliphatic rings. The minimum absolute atomic E-state index is 0.0837. The number of aliphatic hydroxyl groups excluding tert-OH is 1. The molecule has 0 radical (unpaired) electrons. The van der Waals surface area contributed by atoms with Gasteiger partial charge in [0.15, 0.2) is 0 Å². The van der Waals surface area contributed by atoms with Gasteiger partial charge in [-0.3, -0.25) is 4.79 Å². The lowest BCUT2D eigenvalue weighted by Crippen LogP contribution is -2.59. The van der Waals surface area contributed by atoms with Crippen LogP contribution in [0.2, 0.25) is 0 Å². The first-order valence-electron chi connectivity index (χ1n) is 8.72. The van der Waals surface area contributed by atoms with Crippen LogP contribution in [-0.4, -0.2) is 45.5 Å². The number of amides is 1. The molecule has 2 aromatic rings. The highest BCUT2D eigenvalue weighted by Crippen LogP contribution is 2.37. The van der Waals surface area contributed by atoms with Crippen molar-refractivity contribution in [3.63, 3.8) is 0 Å². The number of carbonyl (C=O) groups is 1. The van der Waals surface area contributed by atoms with Crippen molar-refractivity contribution in [1.82, 2.24) is 10.3 Å². The third kappa shape index (κ3) is 3.93. The predicted octanol–water partition coefficient (Wildman–Crippen LogP) is 1.76. The van der Waals surface area contributed by atoms with Crippen LogP contribution in [0.25, 0.3) is 0 Å². The first-order valence-corrected chi connectivity index (χ1v) is 8.72. The number of hydrogen-bond acceptors (Lipinski definition) is 5. The van der Waals surface area contributed by atoms with Crippen LogP contribution in [0.1, 0.15) is 41.2 Å². The first kappa shape index (κ1) is 18.5. The molecule has 6 nitrogen and oxygen atoms in total. The standard InChI is InChI=1S/C20H24N2O4/c1-13-7-6-10-16(22-13)19(24)21-12-20(25)11-17(26-14(2)18(20)23)15-8-4-3-5-9-15/h3-10,14,17-18,23,25H,11-12H2,1-2H3,(H,21,24)/t14-,17-,18-,20-/m1/s1. The van der Waals surface area contributed by atoms with Crippen LogP contribution in [-0.2, 0) is 4.74 Å². The van der Waals surface area contributed by atoms with Crippen LogP contribution in [0.4, 0.5) is 0 Å². The largest absolute Gasteiger partial charge is 0.387 e. The topological polar surface area (TPSA) is 91.7 Å². The summed E-state index contributed by atoms with van der Waals surface area (Å²) in [5, 5.41) is 24.2. The number of ether oxygens (including phenoxy) is 1. The molecule has 6 heteroatoms. The van der Waals surface area contributed by atoms with Crippen LogP contribution >= 0.6 is 0 Å². The van der Waals surface area contributed by atoms with E-state index in [1.807, 2.05) is 30.3 Å². The van der Waals surface area contributed by atoms with Crippen molar-refractivity contribution in [1.29, 1.82) is 0 Å². The second kappa shape index (κ2) is 7.53. The Balaban J connectivity index is 1.72. The highest BCUT2D eigenvalue weighted by atomic mass is 16.5. The molecule has 3 rings (SSSR count). The van der Waals surface area contributed by atoms with Gasteiger partial charge < -0.3 is 20.3 Å². The molecule has 1 aromatic carbocycles. The Bertz CT molecular complexity index is 767. The van der Waals surface area contributed by atoms with E-state index in [9.17, 15) is 15.0 Å². The number of nitrogens with one attached hydrogen (secondary N) is 1. The van der Waals surface area contributed by atoms with Gasteiger partial charge in [0.1, 0.15) is 17.4 Å². The van der Waals surface area contributed by atoms with Gasteiger partial charge in [-0.2, -0.15) is 0 Å². The molecule has 3 N–H and O–H groups in total. The molecule has 1 fully saturated rings. The summed E-state index contributed by atoms with van der Waals surface area (Å²) in [6, 6.07) is 14.7. The van der Waals surface area contributed by atoms with Crippen LogP contribution in [0, 0.1) is 6.92 Å². The average molecular weight is 356 g/mol. The van der Waals surface area contributed by atoms with E-state index in [-0.39, 0.29) is 30.7 Å². The molecule has 1 aromatic heterocycles. The minimum Gasteiger partial charge on any atom is -0.387 e. The van der Waals surface area contributed by atoms with Gasteiger partial charge in [0.05, 0.1) is 12.2 Å². The van der Waals surface area contributed by atoms with Gasteiger partial charge in [0, 0.05) is 18.7 Å². The van der Waals surface area contributed by atoms with Gasteiger partial charge in [-0.05, 0) is 31.5 Å². The van der Waals surface area contributed by atoms with Crippen molar-refractivity contribution in [2.24, 2.45) is 0 Å². The van der Waals surface area contributed by atoms with Gasteiger partial charge in [0.2, 0.25) is 0 Å². The second-order valence-electron chi connectivity index (χ2n) is 6.84. The Morgan fingerprint density at radius 1 is 1.27 bits per heavy atom. The molecule has 1 saturated heterocycles. The fourth-order valence-corrected chi connectivity index (χ4v) is 3.29. The number of benzene rings is 1. The third-order valence-electron chi connectivity index (χ3n) is 4.76. The highest BCUT2D eigenvalue weighted by Gasteiger charge is 2.47. The summed E-state index contributed by atoms with van der Waals surface area (Å²) in [6.07, 6.45) is -1.83. The molecule has 26 heavy (non-hydrogen) atoms. The fourth-order valence-electron chi connectivity index (χ4n) is 3.29. The summed E-state index contributed by atoms with van der Waals surface area (Å²) in [6.45, 7) is 3.44. The van der Waals surface area contributed by atoms with Gasteiger partial charge in [-0.1, -0.05) is 36.4 Å². The zero-order valence-corrected chi connectivity index (χ0v) is 14.9. The zero-order valence-electron chi connectivity index (χ0n) is 14.9. The lowest BCUT2D eigenvalue weighted by molar-refractivity contribution is -0.210. The number of hydrogen-bond donors (Lipinski definition) is 3. The molecule has 0 aliphatic carbocycles. The molecular formula is C20H24N2O4. The van der Waals surface area contributed by atoms with Crippen molar-refractivity contribution in [2.75, 3.05) is 6.54 Å². The van der Waals surface area contributed by atoms with Crippen LogP contribution in [0.15, 0.2) is 48.5 Å². The second-order valence-corrected chi connectivity index (χ2v) is 6.84. The Morgan fingerprint density at radius 3 is 2.69 bits per heavy atom. The van der Waals surface area contributed by atoms with E-state index in [0.29, 0.717) is 0 Å². The summed E-state index contributed by atoms with van der Waals surface area (Å²) >= 11 is 0. The van der Waals surface area contributed by atoms with E-state index >= 15 is 0 Å². The van der Waals surface area contributed by atoms with Crippen molar-refractivity contribution < 1.29 is 19.7 Å². The number of aryl methyl sites for hydroxylation is 1. The number of carbonyl (C=O) groups excluding carboxylic acids is 1. The van der Waals surface area contributed by atoms with Crippen molar-refractivity contribution in [3.8, 4) is 0 Å². The Labute approximate surface area is 152 Å². The lowest BCUT2D eigenvalue weighted by Gasteiger charge is -2.44. The number of nitrogens with zero attached hydrogens (tertiary/aromatic N) is 1. The normalized spacial score (nSPS) is 28.5. The van der Waals surface area contributed by atoms with Crippen LogP contribution in [0.5, 0.6) is 0 Å². The van der Waals surface area contributed by atoms with E-state index in [2.05, 4.69) is 10.3 Å². The van der Waals surface area contributed by atoms with Crippen LogP contribution < -0.4 is 5.32 Å².